The van der Waals surface area contributed by atoms with E-state index in [1.165, 1.54) is 10.7 Å². The van der Waals surface area contributed by atoms with E-state index in [9.17, 15) is 9.59 Å². The maximum absolute atomic E-state index is 13.3. The predicted octanol–water partition coefficient (Wildman–Crippen LogP) is 2.51. The van der Waals surface area contributed by atoms with Crippen LogP contribution in [0.25, 0.3) is 11.3 Å². The molecule has 28 heavy (non-hydrogen) atoms. The van der Waals surface area contributed by atoms with Crippen molar-refractivity contribution in [3.05, 3.63) is 64.0 Å². The SMILES string of the molecule is Cc1noc([C@H]2CCCCN2C(=O)c2cccc(-c3ccc(=O)n(C)n3)c2)n1. The van der Waals surface area contributed by atoms with Crippen LogP contribution in [0.3, 0.4) is 0 Å². The number of rotatable bonds is 3. The number of amides is 1. The fraction of sp³-hybridized carbons (Fsp3) is 0.350. The summed E-state index contributed by atoms with van der Waals surface area (Å²) in [6.07, 6.45) is 2.75. The second kappa shape index (κ2) is 7.38. The van der Waals surface area contributed by atoms with E-state index in [2.05, 4.69) is 15.2 Å². The van der Waals surface area contributed by atoms with Crippen LogP contribution in [0.1, 0.15) is 47.4 Å². The minimum Gasteiger partial charge on any atom is -0.337 e. The van der Waals surface area contributed by atoms with Gasteiger partial charge in [0.25, 0.3) is 11.5 Å². The summed E-state index contributed by atoms with van der Waals surface area (Å²) in [5.41, 5.74) is 1.81. The second-order valence-corrected chi connectivity index (χ2v) is 6.95. The lowest BCUT2D eigenvalue weighted by Gasteiger charge is -2.33. The van der Waals surface area contributed by atoms with Gasteiger partial charge in [-0.2, -0.15) is 10.1 Å². The largest absolute Gasteiger partial charge is 0.337 e. The number of hydrogen-bond acceptors (Lipinski definition) is 6. The van der Waals surface area contributed by atoms with E-state index in [1.54, 1.807) is 32.2 Å². The average molecular weight is 379 g/mol. The molecule has 1 amide bonds. The number of aromatic nitrogens is 4. The van der Waals surface area contributed by atoms with Crippen molar-refractivity contribution in [3.8, 4) is 11.3 Å². The van der Waals surface area contributed by atoms with Crippen molar-refractivity contribution in [1.82, 2.24) is 24.8 Å². The van der Waals surface area contributed by atoms with Gasteiger partial charge in [0, 0.05) is 30.8 Å². The van der Waals surface area contributed by atoms with Crippen LogP contribution < -0.4 is 5.56 Å². The molecule has 1 aromatic carbocycles. The Morgan fingerprint density at radius 3 is 2.82 bits per heavy atom. The Bertz CT molecular complexity index is 1070. The standard InChI is InChI=1S/C20H21N5O3/c1-13-21-19(28-23-13)17-8-3-4-11-25(17)20(27)15-7-5-6-14(12-15)16-9-10-18(26)24(2)22-16/h5-7,9-10,12,17H,3-4,8,11H2,1-2H3/t17-/m1/s1. The molecule has 8 nitrogen and oxygen atoms in total. The highest BCUT2D eigenvalue weighted by molar-refractivity contribution is 5.95. The van der Waals surface area contributed by atoms with Gasteiger partial charge in [-0.15, -0.1) is 0 Å². The quantitative estimate of drug-likeness (QED) is 0.694. The molecule has 0 N–H and O–H groups in total. The van der Waals surface area contributed by atoms with E-state index in [0.29, 0.717) is 29.5 Å². The van der Waals surface area contributed by atoms with Crippen LogP contribution in [0.4, 0.5) is 0 Å². The molecular weight excluding hydrogens is 358 g/mol. The molecule has 1 aliphatic rings. The highest BCUT2D eigenvalue weighted by atomic mass is 16.5. The first-order chi connectivity index (χ1) is 13.5. The Morgan fingerprint density at radius 1 is 1.21 bits per heavy atom. The van der Waals surface area contributed by atoms with Crippen LogP contribution in [-0.2, 0) is 7.05 Å². The summed E-state index contributed by atoms with van der Waals surface area (Å²) in [5, 5.41) is 8.13. The normalized spacial score (nSPS) is 16.9. The van der Waals surface area contributed by atoms with Gasteiger partial charge in [-0.3, -0.25) is 9.59 Å². The van der Waals surface area contributed by atoms with Crippen LogP contribution in [-0.4, -0.2) is 37.3 Å². The number of carbonyl (C=O) groups excluding carboxylic acids is 1. The van der Waals surface area contributed by atoms with Gasteiger partial charge >= 0.3 is 0 Å². The van der Waals surface area contributed by atoms with Gasteiger partial charge in [0.15, 0.2) is 5.82 Å². The molecule has 0 unspecified atom stereocenters. The molecule has 1 fully saturated rings. The van der Waals surface area contributed by atoms with Crippen LogP contribution >= 0.6 is 0 Å². The molecule has 4 rings (SSSR count). The number of aryl methyl sites for hydroxylation is 2. The first kappa shape index (κ1) is 18.1. The lowest BCUT2D eigenvalue weighted by molar-refractivity contribution is 0.0561. The number of likely N-dealkylation sites (tertiary alicyclic amines) is 1. The second-order valence-electron chi connectivity index (χ2n) is 6.95. The third kappa shape index (κ3) is 3.45. The van der Waals surface area contributed by atoms with Gasteiger partial charge in [-0.25, -0.2) is 4.68 Å². The van der Waals surface area contributed by atoms with E-state index in [4.69, 9.17) is 4.52 Å². The van der Waals surface area contributed by atoms with E-state index < -0.39 is 0 Å². The third-order valence-electron chi connectivity index (χ3n) is 4.96. The zero-order valence-electron chi connectivity index (χ0n) is 15.8. The molecule has 144 valence electrons. The highest BCUT2D eigenvalue weighted by Crippen LogP contribution is 2.31. The van der Waals surface area contributed by atoms with Crippen molar-refractivity contribution in [1.29, 1.82) is 0 Å². The molecule has 3 heterocycles. The van der Waals surface area contributed by atoms with Crippen LogP contribution in [0.2, 0.25) is 0 Å². The maximum atomic E-state index is 13.3. The minimum absolute atomic E-state index is 0.0766. The molecule has 0 saturated carbocycles. The van der Waals surface area contributed by atoms with Crippen LogP contribution in [0.15, 0.2) is 45.7 Å². The number of piperidine rings is 1. The van der Waals surface area contributed by atoms with E-state index in [0.717, 1.165) is 24.8 Å². The van der Waals surface area contributed by atoms with Gasteiger partial charge in [0.1, 0.15) is 6.04 Å². The predicted molar refractivity (Wildman–Crippen MR) is 102 cm³/mol. The zero-order valence-corrected chi connectivity index (χ0v) is 15.8. The highest BCUT2D eigenvalue weighted by Gasteiger charge is 2.32. The Hall–Kier alpha value is -3.29. The van der Waals surface area contributed by atoms with Crippen molar-refractivity contribution in [2.45, 2.75) is 32.2 Å². The smallest absolute Gasteiger partial charge is 0.266 e. The lowest BCUT2D eigenvalue weighted by Crippen LogP contribution is -2.38. The maximum Gasteiger partial charge on any atom is 0.266 e. The van der Waals surface area contributed by atoms with Crippen molar-refractivity contribution in [3.63, 3.8) is 0 Å². The Labute approximate surface area is 161 Å². The summed E-state index contributed by atoms with van der Waals surface area (Å²) in [5.74, 6) is 0.976. The van der Waals surface area contributed by atoms with Crippen LogP contribution in [0.5, 0.6) is 0 Å². The van der Waals surface area contributed by atoms with Gasteiger partial charge in [-0.1, -0.05) is 17.3 Å². The molecule has 1 atom stereocenters. The average Bonchev–Trinajstić information content (AvgIpc) is 3.16. The number of nitrogens with zero attached hydrogens (tertiary/aromatic N) is 5. The zero-order chi connectivity index (χ0) is 19.7. The summed E-state index contributed by atoms with van der Waals surface area (Å²) in [6.45, 7) is 2.42. The fourth-order valence-electron chi connectivity index (χ4n) is 3.51. The molecule has 0 spiro atoms. The van der Waals surface area contributed by atoms with Crippen molar-refractivity contribution in [2.24, 2.45) is 7.05 Å². The Kier molecular flexibility index (Phi) is 4.77. The summed E-state index contributed by atoms with van der Waals surface area (Å²) in [4.78, 5) is 31.0. The van der Waals surface area contributed by atoms with Crippen molar-refractivity contribution < 1.29 is 9.32 Å². The van der Waals surface area contributed by atoms with Gasteiger partial charge in [0.2, 0.25) is 5.89 Å². The monoisotopic (exact) mass is 379 g/mol. The molecule has 0 aliphatic carbocycles. The number of benzene rings is 1. The molecular formula is C20H21N5O3. The van der Waals surface area contributed by atoms with E-state index >= 15 is 0 Å². The first-order valence-electron chi connectivity index (χ1n) is 9.29. The molecule has 8 heteroatoms. The molecule has 2 aromatic heterocycles. The summed E-state index contributed by atoms with van der Waals surface area (Å²) in [6, 6.07) is 10.2. The van der Waals surface area contributed by atoms with Crippen molar-refractivity contribution >= 4 is 5.91 Å². The van der Waals surface area contributed by atoms with E-state index in [1.807, 2.05) is 17.0 Å². The summed E-state index contributed by atoms with van der Waals surface area (Å²) in [7, 11) is 1.60. The molecule has 1 aliphatic heterocycles. The summed E-state index contributed by atoms with van der Waals surface area (Å²) >= 11 is 0. The molecule has 1 saturated heterocycles. The minimum atomic E-state index is -0.207. The van der Waals surface area contributed by atoms with Gasteiger partial charge < -0.3 is 9.42 Å². The Morgan fingerprint density at radius 2 is 2.07 bits per heavy atom. The molecule has 0 bridgehead atoms. The molecule has 3 aromatic rings. The topological polar surface area (TPSA) is 94.1 Å². The van der Waals surface area contributed by atoms with E-state index in [-0.39, 0.29) is 17.5 Å². The third-order valence-corrected chi connectivity index (χ3v) is 4.96. The van der Waals surface area contributed by atoms with Gasteiger partial charge in [-0.05, 0) is 44.4 Å². The summed E-state index contributed by atoms with van der Waals surface area (Å²) < 4.78 is 6.62. The molecule has 0 radical (unpaired) electrons. The first-order valence-corrected chi connectivity index (χ1v) is 9.29. The van der Waals surface area contributed by atoms with Gasteiger partial charge in [0.05, 0.1) is 5.69 Å². The van der Waals surface area contributed by atoms with Crippen LogP contribution in [0, 0.1) is 6.92 Å². The number of carbonyl (C=O) groups is 1. The van der Waals surface area contributed by atoms with Crippen molar-refractivity contribution in [2.75, 3.05) is 6.54 Å². The lowest BCUT2D eigenvalue weighted by atomic mass is 9.99. The number of hydrogen-bond donors (Lipinski definition) is 0. The Balaban J connectivity index is 1.65. The fourth-order valence-corrected chi connectivity index (χ4v) is 3.51.